The van der Waals surface area contributed by atoms with Gasteiger partial charge < -0.3 is 20.7 Å². The summed E-state index contributed by atoms with van der Waals surface area (Å²) in [5.41, 5.74) is 1.25. The molecule has 1 fully saturated rings. The third-order valence-electron chi connectivity index (χ3n) is 6.78. The molecule has 2 aromatic heterocycles. The van der Waals surface area contributed by atoms with Gasteiger partial charge in [0.25, 0.3) is 5.91 Å². The monoisotopic (exact) mass is 632 g/mol. The number of benzene rings is 1. The van der Waals surface area contributed by atoms with Crippen molar-refractivity contribution in [2.24, 2.45) is 5.16 Å². The molecular formula is C27H33IN6O4. The molecule has 0 unspecified atom stereocenters. The predicted molar refractivity (Wildman–Crippen MR) is 155 cm³/mol. The third kappa shape index (κ3) is 6.51. The van der Waals surface area contributed by atoms with E-state index in [1.54, 1.807) is 56.1 Å². The average molecular weight is 633 g/mol. The lowest BCUT2D eigenvalue weighted by molar-refractivity contribution is -0.112. The van der Waals surface area contributed by atoms with Crippen molar-refractivity contribution in [2.45, 2.75) is 70.6 Å². The predicted octanol–water partition coefficient (Wildman–Crippen LogP) is 4.98. The Morgan fingerprint density at radius 2 is 2.00 bits per heavy atom. The number of nitrogens with one attached hydrogen (secondary N) is 1. The van der Waals surface area contributed by atoms with Crippen LogP contribution in [0.25, 0.3) is 16.6 Å². The van der Waals surface area contributed by atoms with Crippen LogP contribution in [0.3, 0.4) is 0 Å². The van der Waals surface area contributed by atoms with E-state index in [4.69, 9.17) is 10.3 Å². The number of carbonyl (C=O) groups excluding carboxylic acids is 1. The number of allylic oxidation sites excluding steroid dienone is 3. The van der Waals surface area contributed by atoms with Crippen molar-refractivity contribution in [3.8, 4) is 5.69 Å². The summed E-state index contributed by atoms with van der Waals surface area (Å²) in [6.07, 6.45) is 13.3. The van der Waals surface area contributed by atoms with Crippen molar-refractivity contribution < 1.29 is 20.2 Å². The molecule has 11 heteroatoms. The van der Waals surface area contributed by atoms with Crippen molar-refractivity contribution in [2.75, 3.05) is 5.32 Å². The highest BCUT2D eigenvalue weighted by molar-refractivity contribution is 14.1. The fraction of sp³-hybridized carbons (Fsp3) is 0.407. The second-order valence-corrected chi connectivity index (χ2v) is 11.7. The standard InChI is InChI=1S/C27H33IN6O4/c1-17(32-38)6-5-7-21(28)25(35)30-23-12-18-15-33(20-8-10-27(4,37)11-9-20)31-22(18)13-24(23)34-16-19(14-29-34)26(2,3)36/h5-7,12-16,20,36-38H,8-11H2,1-4H3,(H,30,35)/b6-5-,21-7-,32-17+. The van der Waals surface area contributed by atoms with Crippen LogP contribution in [0.5, 0.6) is 0 Å². The van der Waals surface area contributed by atoms with Crippen LogP contribution in [0, 0.1) is 0 Å². The van der Waals surface area contributed by atoms with Crippen LogP contribution in [-0.2, 0) is 10.4 Å². The Balaban J connectivity index is 1.71. The molecule has 1 amide bonds. The van der Waals surface area contributed by atoms with Crippen LogP contribution in [0.2, 0.25) is 0 Å². The first-order chi connectivity index (χ1) is 17.9. The minimum Gasteiger partial charge on any atom is -0.411 e. The van der Waals surface area contributed by atoms with E-state index in [1.807, 2.05) is 52.5 Å². The van der Waals surface area contributed by atoms with Gasteiger partial charge in [-0.1, -0.05) is 11.2 Å². The fourth-order valence-corrected chi connectivity index (χ4v) is 4.72. The normalized spacial score (nSPS) is 21.4. The summed E-state index contributed by atoms with van der Waals surface area (Å²) < 4.78 is 4.01. The third-order valence-corrected chi connectivity index (χ3v) is 7.63. The molecule has 38 heavy (non-hydrogen) atoms. The molecule has 3 aromatic rings. The number of aromatic nitrogens is 4. The van der Waals surface area contributed by atoms with Gasteiger partial charge in [-0.25, -0.2) is 4.68 Å². The van der Waals surface area contributed by atoms with E-state index < -0.39 is 11.2 Å². The summed E-state index contributed by atoms with van der Waals surface area (Å²) >= 11 is 1.95. The van der Waals surface area contributed by atoms with Gasteiger partial charge in [0.2, 0.25) is 0 Å². The van der Waals surface area contributed by atoms with E-state index in [1.165, 1.54) is 0 Å². The Hall–Kier alpha value is -3.03. The van der Waals surface area contributed by atoms with Crippen LogP contribution in [0.1, 0.15) is 65.0 Å². The molecule has 10 nitrogen and oxygen atoms in total. The topological polar surface area (TPSA) is 138 Å². The minimum atomic E-state index is -1.07. The van der Waals surface area contributed by atoms with Crippen molar-refractivity contribution >= 4 is 50.8 Å². The Kier molecular flexibility index (Phi) is 8.09. The SMILES string of the molecule is CC(/C=C\C=C(/I)C(=O)Nc1cc2cn(C3CCC(C)(O)CC3)nc2cc1-n1cc(C(C)(C)O)cn1)=N\O. The molecule has 0 aliphatic heterocycles. The summed E-state index contributed by atoms with van der Waals surface area (Å²) in [5.74, 6) is -0.314. The van der Waals surface area contributed by atoms with Gasteiger partial charge in [-0.3, -0.25) is 9.48 Å². The lowest BCUT2D eigenvalue weighted by Gasteiger charge is -2.33. The van der Waals surface area contributed by atoms with Crippen LogP contribution in [0.4, 0.5) is 5.69 Å². The number of fused-ring (bicyclic) bond motifs is 1. The number of nitrogens with zero attached hydrogens (tertiary/aromatic N) is 5. The molecule has 0 saturated heterocycles. The first-order valence-electron chi connectivity index (χ1n) is 12.4. The van der Waals surface area contributed by atoms with Gasteiger partial charge in [-0.2, -0.15) is 10.2 Å². The Morgan fingerprint density at radius 1 is 1.29 bits per heavy atom. The Morgan fingerprint density at radius 3 is 2.63 bits per heavy atom. The summed E-state index contributed by atoms with van der Waals surface area (Å²) in [4.78, 5) is 13.0. The van der Waals surface area contributed by atoms with Gasteiger partial charge in [0.1, 0.15) is 0 Å². The van der Waals surface area contributed by atoms with Crippen molar-refractivity contribution in [3.05, 3.63) is 58.1 Å². The molecule has 1 aliphatic rings. The molecule has 1 aliphatic carbocycles. The van der Waals surface area contributed by atoms with E-state index in [9.17, 15) is 15.0 Å². The number of halogens is 1. The number of oxime groups is 1. The minimum absolute atomic E-state index is 0.192. The quantitative estimate of drug-likeness (QED) is 0.0725. The highest BCUT2D eigenvalue weighted by atomic mass is 127. The molecule has 4 N–H and O–H groups in total. The van der Waals surface area contributed by atoms with Crippen LogP contribution in [-0.4, -0.2) is 52.2 Å². The van der Waals surface area contributed by atoms with Gasteiger partial charge in [-0.15, -0.1) is 0 Å². The summed E-state index contributed by atoms with van der Waals surface area (Å²) in [6, 6.07) is 3.94. The largest absolute Gasteiger partial charge is 0.411 e. The smallest absolute Gasteiger partial charge is 0.261 e. The molecule has 1 aromatic carbocycles. The molecule has 0 atom stereocenters. The van der Waals surface area contributed by atoms with E-state index in [0.29, 0.717) is 26.2 Å². The molecule has 0 spiro atoms. The van der Waals surface area contributed by atoms with Crippen molar-refractivity contribution in [3.63, 3.8) is 0 Å². The second kappa shape index (κ2) is 11.0. The number of amides is 1. The van der Waals surface area contributed by atoms with Gasteiger partial charge >= 0.3 is 0 Å². The first kappa shape index (κ1) is 28.0. The fourth-order valence-electron chi connectivity index (χ4n) is 4.38. The molecule has 0 radical (unpaired) electrons. The number of hydrogen-bond donors (Lipinski definition) is 4. The summed E-state index contributed by atoms with van der Waals surface area (Å²) in [7, 11) is 0. The average Bonchev–Trinajstić information content (AvgIpc) is 3.50. The van der Waals surface area contributed by atoms with Gasteiger partial charge in [0.15, 0.2) is 0 Å². The Labute approximate surface area is 234 Å². The molecule has 2 heterocycles. The van der Waals surface area contributed by atoms with Crippen LogP contribution < -0.4 is 5.32 Å². The number of anilines is 1. The molecule has 4 rings (SSSR count). The van der Waals surface area contributed by atoms with Gasteiger partial charge in [0.05, 0.1) is 49.6 Å². The van der Waals surface area contributed by atoms with Gasteiger partial charge in [0, 0.05) is 23.3 Å². The lowest BCUT2D eigenvalue weighted by atomic mass is 9.84. The maximum atomic E-state index is 13.0. The number of hydrogen-bond acceptors (Lipinski definition) is 7. The second-order valence-electron chi connectivity index (χ2n) is 10.6. The zero-order valence-electron chi connectivity index (χ0n) is 21.9. The molecule has 202 valence electrons. The van der Waals surface area contributed by atoms with Crippen LogP contribution >= 0.6 is 22.6 Å². The van der Waals surface area contributed by atoms with Crippen LogP contribution in [0.15, 0.2) is 57.7 Å². The lowest BCUT2D eigenvalue weighted by Crippen LogP contribution is -2.31. The summed E-state index contributed by atoms with van der Waals surface area (Å²) in [6.45, 7) is 6.89. The first-order valence-corrected chi connectivity index (χ1v) is 13.5. The van der Waals surface area contributed by atoms with E-state index in [-0.39, 0.29) is 11.9 Å². The zero-order chi connectivity index (χ0) is 27.7. The Bertz CT molecular complexity index is 1420. The number of carbonyl (C=O) groups is 1. The molecular weight excluding hydrogens is 599 g/mol. The van der Waals surface area contributed by atoms with E-state index in [2.05, 4.69) is 15.6 Å². The zero-order valence-corrected chi connectivity index (χ0v) is 24.0. The molecule has 0 bridgehead atoms. The van der Waals surface area contributed by atoms with Gasteiger partial charge in [-0.05, 0) is 100 Å². The number of aliphatic hydroxyl groups is 2. The van der Waals surface area contributed by atoms with E-state index >= 15 is 0 Å². The summed E-state index contributed by atoms with van der Waals surface area (Å²) in [5, 5.41) is 45.7. The highest BCUT2D eigenvalue weighted by Crippen LogP contribution is 2.36. The van der Waals surface area contributed by atoms with E-state index in [0.717, 1.165) is 36.6 Å². The van der Waals surface area contributed by atoms with Crippen molar-refractivity contribution in [1.29, 1.82) is 0 Å². The maximum Gasteiger partial charge on any atom is 0.261 e. The van der Waals surface area contributed by atoms with Crippen molar-refractivity contribution in [1.82, 2.24) is 19.6 Å². The number of rotatable bonds is 7. The maximum absolute atomic E-state index is 13.0. The highest BCUT2D eigenvalue weighted by Gasteiger charge is 2.30. The molecule has 1 saturated carbocycles.